The van der Waals surface area contributed by atoms with Crippen molar-refractivity contribution in [2.75, 3.05) is 6.61 Å². The Morgan fingerprint density at radius 2 is 1.78 bits per heavy atom. The number of aromatic amines is 1. The largest absolute Gasteiger partial charge is 0.461 e. The first-order valence-corrected chi connectivity index (χ1v) is 14.2. The van der Waals surface area contributed by atoms with E-state index in [1.807, 2.05) is 35.8 Å². The molecule has 1 N–H and O–H groups in total. The summed E-state index contributed by atoms with van der Waals surface area (Å²) in [6.45, 7) is 4.35. The number of aromatic nitrogens is 2. The van der Waals surface area contributed by atoms with Gasteiger partial charge in [0, 0.05) is 6.54 Å². The molecular weight excluding hydrogens is 556 g/mol. The van der Waals surface area contributed by atoms with Crippen LogP contribution in [0, 0.1) is 6.92 Å². The highest BCUT2D eigenvalue weighted by Crippen LogP contribution is 2.41. The fourth-order valence-electron chi connectivity index (χ4n) is 4.73. The molecule has 9 heteroatoms. The molecule has 0 amide bonds. The topological polar surface area (TPSA) is 98.2 Å². The number of pyridine rings is 1. The number of nitrogens with zero attached hydrogens (tertiary/aromatic N) is 1. The molecular formula is C28H25BrN2O5S. The molecule has 0 atom stereocenters. The van der Waals surface area contributed by atoms with Crippen molar-refractivity contribution in [1.82, 2.24) is 9.55 Å². The van der Waals surface area contributed by atoms with Crippen molar-refractivity contribution >= 4 is 31.7 Å². The molecule has 1 aliphatic carbocycles. The number of ether oxygens (including phenoxy) is 1. The van der Waals surface area contributed by atoms with Crippen LogP contribution in [0.15, 0.2) is 79.7 Å². The van der Waals surface area contributed by atoms with Crippen molar-refractivity contribution in [1.29, 1.82) is 0 Å². The molecule has 5 rings (SSSR count). The number of esters is 1. The average Bonchev–Trinajstić information content (AvgIpc) is 3.17. The monoisotopic (exact) mass is 580 g/mol. The van der Waals surface area contributed by atoms with Crippen LogP contribution in [-0.4, -0.2) is 30.5 Å². The lowest BCUT2D eigenvalue weighted by Gasteiger charge is -2.21. The Morgan fingerprint density at radius 3 is 2.46 bits per heavy atom. The van der Waals surface area contributed by atoms with Crippen molar-refractivity contribution in [3.63, 3.8) is 0 Å². The van der Waals surface area contributed by atoms with Crippen LogP contribution in [0.3, 0.4) is 0 Å². The van der Waals surface area contributed by atoms with Gasteiger partial charge < -0.3 is 14.3 Å². The number of hydrogen-bond acceptors (Lipinski definition) is 5. The van der Waals surface area contributed by atoms with Gasteiger partial charge in [-0.05, 0) is 77.5 Å². The molecule has 0 saturated carbocycles. The highest BCUT2D eigenvalue weighted by Gasteiger charge is 2.33. The summed E-state index contributed by atoms with van der Waals surface area (Å²) in [6.07, 6.45) is 1.07. The van der Waals surface area contributed by atoms with Crippen molar-refractivity contribution in [3.8, 4) is 11.4 Å². The second-order valence-electron chi connectivity index (χ2n) is 8.96. The van der Waals surface area contributed by atoms with E-state index in [4.69, 9.17) is 4.74 Å². The maximum absolute atomic E-state index is 13.2. The molecule has 190 valence electrons. The van der Waals surface area contributed by atoms with Crippen LogP contribution in [0.5, 0.6) is 0 Å². The average molecular weight is 581 g/mol. The molecule has 2 aromatic carbocycles. The highest BCUT2D eigenvalue weighted by molar-refractivity contribution is 9.10. The Hall–Kier alpha value is -3.43. The zero-order valence-electron chi connectivity index (χ0n) is 20.4. The molecule has 37 heavy (non-hydrogen) atoms. The van der Waals surface area contributed by atoms with Crippen molar-refractivity contribution in [2.45, 2.75) is 43.0 Å². The molecule has 0 aliphatic heterocycles. The quantitative estimate of drug-likeness (QED) is 0.321. The van der Waals surface area contributed by atoms with Gasteiger partial charge in [-0.1, -0.05) is 48.0 Å². The predicted octanol–water partition coefficient (Wildman–Crippen LogP) is 5.07. The first kappa shape index (κ1) is 25.2. The normalized spacial score (nSPS) is 12.6. The fraction of sp³-hybridized carbons (Fsp3) is 0.214. The summed E-state index contributed by atoms with van der Waals surface area (Å²) in [7, 11) is -4.00. The van der Waals surface area contributed by atoms with Crippen LogP contribution in [-0.2, 0) is 34.0 Å². The van der Waals surface area contributed by atoms with E-state index in [1.54, 1.807) is 25.1 Å². The summed E-state index contributed by atoms with van der Waals surface area (Å²) in [6, 6.07) is 17.4. The van der Waals surface area contributed by atoms with E-state index in [-0.39, 0.29) is 16.4 Å². The van der Waals surface area contributed by atoms with Crippen LogP contribution >= 0.6 is 15.9 Å². The Labute approximate surface area is 223 Å². The zero-order valence-corrected chi connectivity index (χ0v) is 22.8. The molecule has 1 aliphatic rings. The van der Waals surface area contributed by atoms with E-state index in [1.165, 1.54) is 18.2 Å². The second kappa shape index (κ2) is 9.79. The van der Waals surface area contributed by atoms with Gasteiger partial charge in [-0.15, -0.1) is 0 Å². The second-order valence-corrected chi connectivity index (χ2v) is 11.7. The van der Waals surface area contributed by atoms with Crippen LogP contribution in [0.2, 0.25) is 0 Å². The summed E-state index contributed by atoms with van der Waals surface area (Å²) in [5.41, 5.74) is 4.52. The molecule has 0 fully saturated rings. The summed E-state index contributed by atoms with van der Waals surface area (Å²) in [5.74, 6) is -0.469. The van der Waals surface area contributed by atoms with Gasteiger partial charge >= 0.3 is 5.97 Å². The number of halogens is 1. The number of carbonyl (C=O) groups is 1. The number of rotatable bonds is 6. The molecule has 0 radical (unpaired) electrons. The lowest BCUT2D eigenvalue weighted by atomic mass is 9.94. The number of H-pyrrole nitrogens is 1. The van der Waals surface area contributed by atoms with Gasteiger partial charge in [-0.3, -0.25) is 4.79 Å². The summed E-state index contributed by atoms with van der Waals surface area (Å²) in [5, 5.41) is 0. The smallest absolute Gasteiger partial charge is 0.356 e. The minimum absolute atomic E-state index is 0.0621. The number of benzene rings is 2. The molecule has 0 spiro atoms. The van der Waals surface area contributed by atoms with Gasteiger partial charge in [0.05, 0.1) is 27.4 Å². The molecule has 0 saturated heterocycles. The molecule has 4 aromatic rings. The maximum atomic E-state index is 13.2. The third kappa shape index (κ3) is 4.46. The van der Waals surface area contributed by atoms with Crippen LogP contribution in [0.25, 0.3) is 11.4 Å². The van der Waals surface area contributed by atoms with Crippen LogP contribution in [0.1, 0.15) is 39.7 Å². The van der Waals surface area contributed by atoms with E-state index in [9.17, 15) is 18.0 Å². The highest BCUT2D eigenvalue weighted by atomic mass is 79.9. The number of aryl methyl sites for hydroxylation is 2. The van der Waals surface area contributed by atoms with Crippen molar-refractivity contribution in [2.24, 2.45) is 0 Å². The number of hydrogen-bond donors (Lipinski definition) is 1. The first-order chi connectivity index (χ1) is 17.7. The number of carbonyl (C=O) groups excluding carboxylic acids is 1. The van der Waals surface area contributed by atoms with Gasteiger partial charge in [0.15, 0.2) is 0 Å². The number of fused-ring (bicyclic) bond motifs is 3. The number of sulfone groups is 1. The standard InChI is InChI=1S/C28H25BrN2O5S/c1-3-36-28(33)26-23(29)21-14-13-19-15-22(37(34,35)20-7-5-4-6-8-20)27(32)30-24(19)25(21)31(26)16-18-11-9-17(2)10-12-18/h4-12,15H,3,13-14,16H2,1-2H3,(H,30,32). The summed E-state index contributed by atoms with van der Waals surface area (Å²) >= 11 is 3.62. The maximum Gasteiger partial charge on any atom is 0.356 e. The SMILES string of the molecule is CCOC(=O)c1c(Br)c2c(n1Cc1ccc(C)cc1)-c1[nH]c(=O)c(S(=O)(=O)c3ccccc3)cc1CC2. The minimum atomic E-state index is -4.00. The van der Waals surface area contributed by atoms with Crippen LogP contribution < -0.4 is 5.56 Å². The third-order valence-electron chi connectivity index (χ3n) is 6.54. The van der Waals surface area contributed by atoms with E-state index in [0.717, 1.165) is 16.7 Å². The lowest BCUT2D eigenvalue weighted by Crippen LogP contribution is -2.22. The third-order valence-corrected chi connectivity index (χ3v) is 9.17. The van der Waals surface area contributed by atoms with Crippen molar-refractivity contribution in [3.05, 3.63) is 103 Å². The van der Waals surface area contributed by atoms with Crippen LogP contribution in [0.4, 0.5) is 0 Å². The van der Waals surface area contributed by atoms with E-state index in [0.29, 0.717) is 46.5 Å². The van der Waals surface area contributed by atoms with E-state index < -0.39 is 21.4 Å². The number of nitrogens with one attached hydrogen (secondary N) is 1. The van der Waals surface area contributed by atoms with Gasteiger partial charge in [0.25, 0.3) is 5.56 Å². The van der Waals surface area contributed by atoms with Gasteiger partial charge in [0.2, 0.25) is 9.84 Å². The van der Waals surface area contributed by atoms with E-state index in [2.05, 4.69) is 20.9 Å². The van der Waals surface area contributed by atoms with Crippen molar-refractivity contribution < 1.29 is 17.9 Å². The van der Waals surface area contributed by atoms with Gasteiger partial charge in [-0.25, -0.2) is 13.2 Å². The van der Waals surface area contributed by atoms with Gasteiger partial charge in [0.1, 0.15) is 10.6 Å². The molecule has 0 unspecified atom stereocenters. The minimum Gasteiger partial charge on any atom is -0.461 e. The van der Waals surface area contributed by atoms with E-state index >= 15 is 0 Å². The Bertz CT molecular complexity index is 1670. The van der Waals surface area contributed by atoms with Gasteiger partial charge in [-0.2, -0.15) is 0 Å². The summed E-state index contributed by atoms with van der Waals surface area (Å²) < 4.78 is 34.3. The molecule has 0 bridgehead atoms. The Balaban J connectivity index is 1.71. The zero-order chi connectivity index (χ0) is 26.3. The molecule has 2 aromatic heterocycles. The predicted molar refractivity (Wildman–Crippen MR) is 144 cm³/mol. The summed E-state index contributed by atoms with van der Waals surface area (Å²) in [4.78, 5) is 28.9. The fourth-order valence-corrected chi connectivity index (χ4v) is 6.86. The molecule has 7 nitrogen and oxygen atoms in total. The Morgan fingerprint density at radius 1 is 1.08 bits per heavy atom. The first-order valence-electron chi connectivity index (χ1n) is 11.9. The lowest BCUT2D eigenvalue weighted by molar-refractivity contribution is 0.0513. The Kier molecular flexibility index (Phi) is 6.68. The molecule has 2 heterocycles.